The van der Waals surface area contributed by atoms with Crippen molar-refractivity contribution in [3.8, 4) is 0 Å². The molecule has 0 saturated carbocycles. The lowest BCUT2D eigenvalue weighted by molar-refractivity contribution is -0.119. The molecule has 2 N–H and O–H groups in total. The van der Waals surface area contributed by atoms with Crippen LogP contribution in [0, 0.1) is 0 Å². The van der Waals surface area contributed by atoms with Gasteiger partial charge in [0.2, 0.25) is 5.91 Å². The minimum absolute atomic E-state index is 0.485. The number of hydrogen-bond donors (Lipinski definition) is 1. The summed E-state index contributed by atoms with van der Waals surface area (Å²) in [4.78, 5) is 18.0. The van der Waals surface area contributed by atoms with E-state index in [0.717, 1.165) is 14.9 Å². The van der Waals surface area contributed by atoms with E-state index < -0.39 is 10.7 Å². The zero-order valence-electron chi connectivity index (χ0n) is 13.0. The van der Waals surface area contributed by atoms with Gasteiger partial charge in [0.25, 0.3) is 0 Å². The van der Waals surface area contributed by atoms with E-state index in [0.29, 0.717) is 10.7 Å². The van der Waals surface area contributed by atoms with Crippen LogP contribution in [0.15, 0.2) is 82.3 Å². The van der Waals surface area contributed by atoms with Gasteiger partial charge in [-0.2, -0.15) is 0 Å². The third-order valence-electron chi connectivity index (χ3n) is 3.70. The molecule has 0 saturated heterocycles. The number of rotatable bonds is 5. The van der Waals surface area contributed by atoms with Crippen LogP contribution in [-0.4, -0.2) is 10.9 Å². The zero-order chi connectivity index (χ0) is 17.9. The SMILES string of the molecule is NC(=O)C(Sc1ccc(Br)cc1)(c1ccccc1)c1ccc(Cl)cn1. The minimum Gasteiger partial charge on any atom is -0.368 e. The molecule has 2 aromatic carbocycles. The van der Waals surface area contributed by atoms with Crippen molar-refractivity contribution in [1.82, 2.24) is 4.98 Å². The quantitative estimate of drug-likeness (QED) is 0.575. The Kier molecular flexibility index (Phi) is 5.47. The molecule has 1 unspecified atom stereocenters. The van der Waals surface area contributed by atoms with Crippen LogP contribution in [0.25, 0.3) is 0 Å². The summed E-state index contributed by atoms with van der Waals surface area (Å²) >= 11 is 10.8. The van der Waals surface area contributed by atoms with Crippen LogP contribution in [0.3, 0.4) is 0 Å². The number of pyridine rings is 1. The van der Waals surface area contributed by atoms with E-state index >= 15 is 0 Å². The van der Waals surface area contributed by atoms with Crippen LogP contribution in [0.4, 0.5) is 0 Å². The van der Waals surface area contributed by atoms with Gasteiger partial charge in [0, 0.05) is 15.6 Å². The fourth-order valence-corrected chi connectivity index (χ4v) is 4.10. The van der Waals surface area contributed by atoms with Gasteiger partial charge in [-0.3, -0.25) is 9.78 Å². The molecule has 25 heavy (non-hydrogen) atoms. The van der Waals surface area contributed by atoms with Crippen LogP contribution >= 0.6 is 39.3 Å². The fraction of sp³-hybridized carbons (Fsp3) is 0.0526. The van der Waals surface area contributed by atoms with Crippen molar-refractivity contribution in [3.63, 3.8) is 0 Å². The highest BCUT2D eigenvalue weighted by molar-refractivity contribution is 9.10. The van der Waals surface area contributed by atoms with Gasteiger partial charge in [-0.25, -0.2) is 0 Å². The first-order valence-corrected chi connectivity index (χ1v) is 9.43. The summed E-state index contributed by atoms with van der Waals surface area (Å²) in [6, 6.07) is 20.6. The first-order valence-electron chi connectivity index (χ1n) is 7.44. The predicted octanol–water partition coefficient (Wildman–Crippen LogP) is 5.02. The second kappa shape index (κ2) is 7.60. The van der Waals surface area contributed by atoms with Crippen molar-refractivity contribution in [2.24, 2.45) is 5.73 Å². The van der Waals surface area contributed by atoms with E-state index in [2.05, 4.69) is 20.9 Å². The van der Waals surface area contributed by atoms with E-state index in [1.807, 2.05) is 54.6 Å². The van der Waals surface area contributed by atoms with Crippen molar-refractivity contribution in [2.75, 3.05) is 0 Å². The molecular formula is C19H14BrClN2OS. The molecule has 1 heterocycles. The van der Waals surface area contributed by atoms with E-state index in [1.54, 1.807) is 12.1 Å². The zero-order valence-corrected chi connectivity index (χ0v) is 16.2. The van der Waals surface area contributed by atoms with Crippen molar-refractivity contribution in [1.29, 1.82) is 0 Å². The van der Waals surface area contributed by atoms with Gasteiger partial charge in [-0.1, -0.05) is 69.6 Å². The molecular weight excluding hydrogens is 420 g/mol. The lowest BCUT2D eigenvalue weighted by Gasteiger charge is -2.30. The second-order valence-electron chi connectivity index (χ2n) is 5.33. The number of hydrogen-bond acceptors (Lipinski definition) is 3. The Bertz CT molecular complexity index is 872. The number of primary amides is 1. The highest BCUT2D eigenvalue weighted by atomic mass is 79.9. The molecule has 1 atom stereocenters. The summed E-state index contributed by atoms with van der Waals surface area (Å²) in [5.74, 6) is -0.485. The number of carbonyl (C=O) groups excluding carboxylic acids is 1. The molecule has 0 aliphatic carbocycles. The van der Waals surface area contributed by atoms with Gasteiger partial charge in [0.05, 0.1) is 10.7 Å². The summed E-state index contributed by atoms with van der Waals surface area (Å²) in [5.41, 5.74) is 7.22. The maximum atomic E-state index is 12.7. The van der Waals surface area contributed by atoms with Crippen LogP contribution in [-0.2, 0) is 9.54 Å². The highest BCUT2D eigenvalue weighted by Gasteiger charge is 2.43. The Morgan fingerprint density at radius 3 is 2.28 bits per heavy atom. The van der Waals surface area contributed by atoms with Gasteiger partial charge in [-0.05, 0) is 42.0 Å². The molecule has 1 amide bonds. The molecule has 0 bridgehead atoms. The third-order valence-corrected chi connectivity index (χ3v) is 5.91. The van der Waals surface area contributed by atoms with Gasteiger partial charge < -0.3 is 5.73 Å². The molecule has 3 nitrogen and oxygen atoms in total. The molecule has 0 spiro atoms. The van der Waals surface area contributed by atoms with Crippen molar-refractivity contribution >= 4 is 45.2 Å². The summed E-state index contributed by atoms with van der Waals surface area (Å²) in [6.45, 7) is 0. The first-order chi connectivity index (χ1) is 12.0. The highest BCUT2D eigenvalue weighted by Crippen LogP contribution is 2.46. The number of benzene rings is 2. The maximum Gasteiger partial charge on any atom is 0.244 e. The van der Waals surface area contributed by atoms with Gasteiger partial charge in [0.15, 0.2) is 4.75 Å². The topological polar surface area (TPSA) is 56.0 Å². The number of halogens is 2. The van der Waals surface area contributed by atoms with E-state index in [4.69, 9.17) is 17.3 Å². The molecule has 3 rings (SSSR count). The summed E-state index contributed by atoms with van der Waals surface area (Å²) < 4.78 is -0.189. The number of carbonyl (C=O) groups is 1. The smallest absolute Gasteiger partial charge is 0.244 e. The molecule has 0 aliphatic rings. The summed E-state index contributed by atoms with van der Waals surface area (Å²) in [5, 5.41) is 0.504. The number of thioether (sulfide) groups is 1. The number of amides is 1. The third kappa shape index (κ3) is 3.73. The van der Waals surface area contributed by atoms with Crippen LogP contribution in [0.5, 0.6) is 0 Å². The molecule has 0 radical (unpaired) electrons. The van der Waals surface area contributed by atoms with Crippen molar-refractivity contribution in [3.05, 3.63) is 93.7 Å². The largest absolute Gasteiger partial charge is 0.368 e. The normalized spacial score (nSPS) is 13.2. The lowest BCUT2D eigenvalue weighted by Crippen LogP contribution is -2.40. The Morgan fingerprint density at radius 2 is 1.72 bits per heavy atom. The van der Waals surface area contributed by atoms with Gasteiger partial charge in [0.1, 0.15) is 0 Å². The Balaban J connectivity index is 2.19. The van der Waals surface area contributed by atoms with Crippen LogP contribution in [0.1, 0.15) is 11.3 Å². The monoisotopic (exact) mass is 432 g/mol. The predicted molar refractivity (Wildman–Crippen MR) is 106 cm³/mol. The van der Waals surface area contributed by atoms with Crippen LogP contribution in [0.2, 0.25) is 5.02 Å². The fourth-order valence-electron chi connectivity index (χ4n) is 2.51. The Labute approximate surface area is 163 Å². The number of nitrogens with zero attached hydrogens (tertiary/aromatic N) is 1. The maximum absolute atomic E-state index is 12.7. The average Bonchev–Trinajstić information content (AvgIpc) is 2.63. The summed E-state index contributed by atoms with van der Waals surface area (Å²) in [7, 11) is 0. The summed E-state index contributed by atoms with van der Waals surface area (Å²) in [6.07, 6.45) is 1.53. The molecule has 1 aromatic heterocycles. The van der Waals surface area contributed by atoms with Gasteiger partial charge >= 0.3 is 0 Å². The van der Waals surface area contributed by atoms with Crippen LogP contribution < -0.4 is 5.73 Å². The van der Waals surface area contributed by atoms with Gasteiger partial charge in [-0.15, -0.1) is 0 Å². The minimum atomic E-state index is -1.15. The molecule has 0 aliphatic heterocycles. The van der Waals surface area contributed by atoms with E-state index in [9.17, 15) is 4.79 Å². The number of nitrogens with two attached hydrogens (primary N) is 1. The Hall–Kier alpha value is -1.82. The molecule has 3 aromatic rings. The first kappa shape index (κ1) is 18.0. The molecule has 6 heteroatoms. The number of aromatic nitrogens is 1. The average molecular weight is 434 g/mol. The standard InChI is InChI=1S/C19H14BrClN2OS/c20-14-6-9-16(10-7-14)25-19(18(22)24,13-4-2-1-3-5-13)17-11-8-15(21)12-23-17/h1-12H,(H2,22,24). The molecule has 0 fully saturated rings. The lowest BCUT2D eigenvalue weighted by atomic mass is 9.93. The second-order valence-corrected chi connectivity index (χ2v) is 7.97. The molecule has 126 valence electrons. The van der Waals surface area contributed by atoms with E-state index in [-0.39, 0.29) is 0 Å². The Morgan fingerprint density at radius 1 is 1.04 bits per heavy atom. The van der Waals surface area contributed by atoms with E-state index in [1.165, 1.54) is 18.0 Å². The van der Waals surface area contributed by atoms with Crippen molar-refractivity contribution < 1.29 is 4.79 Å². The van der Waals surface area contributed by atoms with Crippen molar-refractivity contribution in [2.45, 2.75) is 9.64 Å².